The van der Waals surface area contributed by atoms with Gasteiger partial charge >= 0.3 is 0 Å². The molecule has 17 heavy (non-hydrogen) atoms. The van der Waals surface area contributed by atoms with Gasteiger partial charge in [-0.1, -0.05) is 18.2 Å². The van der Waals surface area contributed by atoms with Gasteiger partial charge in [0.05, 0.1) is 6.17 Å². The number of nitrogens with two attached hydrogens (primary N) is 1. The molecule has 0 radical (unpaired) electrons. The highest BCUT2D eigenvalue weighted by Gasteiger charge is 2.33. The quantitative estimate of drug-likeness (QED) is 0.623. The minimum Gasteiger partial charge on any atom is -0.315 e. The lowest BCUT2D eigenvalue weighted by molar-refractivity contribution is -0.120. The van der Waals surface area contributed by atoms with E-state index in [1.165, 1.54) is 5.56 Å². The number of rotatable bonds is 1. The summed E-state index contributed by atoms with van der Waals surface area (Å²) in [5.41, 5.74) is 13.8. The maximum atomic E-state index is 12.3. The van der Waals surface area contributed by atoms with Crippen molar-refractivity contribution in [3.8, 4) is 0 Å². The second-order valence-electron chi connectivity index (χ2n) is 4.55. The van der Waals surface area contributed by atoms with Crippen LogP contribution in [0.3, 0.4) is 0 Å². The highest BCUT2D eigenvalue weighted by Crippen LogP contribution is 2.28. The summed E-state index contributed by atoms with van der Waals surface area (Å²) in [4.78, 5) is 14.2. The maximum absolute atomic E-state index is 12.3. The van der Waals surface area contributed by atoms with Crippen LogP contribution in [-0.2, 0) is 11.2 Å². The lowest BCUT2D eigenvalue weighted by Gasteiger charge is -2.20. The predicted octanol–water partition coefficient (Wildman–Crippen LogP) is -0.273. The van der Waals surface area contributed by atoms with Crippen molar-refractivity contribution in [3.63, 3.8) is 0 Å². The van der Waals surface area contributed by atoms with E-state index in [1.807, 2.05) is 23.1 Å². The van der Waals surface area contributed by atoms with Crippen molar-refractivity contribution in [2.45, 2.75) is 25.0 Å². The van der Waals surface area contributed by atoms with Crippen LogP contribution in [0.2, 0.25) is 0 Å². The molecule has 2 aliphatic rings. The average Bonchev–Trinajstić information content (AvgIpc) is 2.94. The first kappa shape index (κ1) is 10.7. The standard InChI is InChI=1S/C12H16N4O/c13-11-7-9(14-15-11)12(17)16-6-5-8-3-1-2-4-10(8)16/h1-4,9,11,14-15H,5-7,13H2. The molecule has 0 saturated carbocycles. The average molecular weight is 232 g/mol. The van der Waals surface area contributed by atoms with Gasteiger partial charge in [-0.05, 0) is 18.1 Å². The van der Waals surface area contributed by atoms with Crippen molar-refractivity contribution in [2.75, 3.05) is 11.4 Å². The molecule has 1 fully saturated rings. The second kappa shape index (κ2) is 4.10. The van der Waals surface area contributed by atoms with Crippen molar-refractivity contribution in [1.29, 1.82) is 0 Å². The fourth-order valence-electron chi connectivity index (χ4n) is 2.50. The third-order valence-corrected chi connectivity index (χ3v) is 3.38. The van der Waals surface area contributed by atoms with Crippen LogP contribution in [0.1, 0.15) is 12.0 Å². The van der Waals surface area contributed by atoms with Crippen molar-refractivity contribution in [1.82, 2.24) is 10.9 Å². The van der Waals surface area contributed by atoms with Crippen LogP contribution in [-0.4, -0.2) is 24.7 Å². The van der Waals surface area contributed by atoms with Crippen LogP contribution in [0, 0.1) is 0 Å². The van der Waals surface area contributed by atoms with Gasteiger partial charge in [0.2, 0.25) is 5.91 Å². The van der Waals surface area contributed by atoms with E-state index in [2.05, 4.69) is 16.9 Å². The fraction of sp³-hybridized carbons (Fsp3) is 0.417. The summed E-state index contributed by atoms with van der Waals surface area (Å²) < 4.78 is 0. The predicted molar refractivity (Wildman–Crippen MR) is 65.2 cm³/mol. The minimum atomic E-state index is -0.212. The molecule has 1 saturated heterocycles. The summed E-state index contributed by atoms with van der Waals surface area (Å²) in [6.45, 7) is 0.769. The number of carbonyl (C=O) groups is 1. The number of nitrogens with zero attached hydrogens (tertiary/aromatic N) is 1. The maximum Gasteiger partial charge on any atom is 0.245 e. The summed E-state index contributed by atoms with van der Waals surface area (Å²) in [6.07, 6.45) is 1.44. The van der Waals surface area contributed by atoms with E-state index >= 15 is 0 Å². The molecule has 1 amide bonds. The number of hydrogen-bond donors (Lipinski definition) is 3. The Bertz CT molecular complexity index is 448. The largest absolute Gasteiger partial charge is 0.315 e. The van der Waals surface area contributed by atoms with Gasteiger partial charge in [0, 0.05) is 18.7 Å². The number of para-hydroxylation sites is 1. The van der Waals surface area contributed by atoms with Gasteiger partial charge in [-0.15, -0.1) is 0 Å². The smallest absolute Gasteiger partial charge is 0.245 e. The van der Waals surface area contributed by atoms with Crippen molar-refractivity contribution in [3.05, 3.63) is 29.8 Å². The first-order valence-electron chi connectivity index (χ1n) is 5.91. The first-order valence-corrected chi connectivity index (χ1v) is 5.91. The highest BCUT2D eigenvalue weighted by molar-refractivity contribution is 5.99. The molecule has 5 heteroatoms. The third kappa shape index (κ3) is 1.82. The molecule has 1 aromatic carbocycles. The Morgan fingerprint density at radius 3 is 2.94 bits per heavy atom. The van der Waals surface area contributed by atoms with Crippen molar-refractivity contribution in [2.24, 2.45) is 5.73 Å². The SMILES string of the molecule is NC1CC(C(=O)N2CCc3ccccc32)NN1. The molecule has 2 unspecified atom stereocenters. The summed E-state index contributed by atoms with van der Waals surface area (Å²) in [5.74, 6) is 0.107. The summed E-state index contributed by atoms with van der Waals surface area (Å²) in [5, 5.41) is 0. The summed E-state index contributed by atoms with van der Waals surface area (Å²) in [7, 11) is 0. The Morgan fingerprint density at radius 2 is 2.18 bits per heavy atom. The fourth-order valence-corrected chi connectivity index (χ4v) is 2.50. The van der Waals surface area contributed by atoms with Crippen LogP contribution >= 0.6 is 0 Å². The Labute approximate surface area is 99.9 Å². The van der Waals surface area contributed by atoms with Crippen LogP contribution in [0.4, 0.5) is 5.69 Å². The lowest BCUT2D eigenvalue weighted by Crippen LogP contribution is -2.45. The molecule has 0 aliphatic carbocycles. The van der Waals surface area contributed by atoms with Crippen LogP contribution < -0.4 is 21.5 Å². The molecule has 90 valence electrons. The van der Waals surface area contributed by atoms with Crippen LogP contribution in [0.15, 0.2) is 24.3 Å². The molecule has 1 aromatic rings. The molecular weight excluding hydrogens is 216 g/mol. The topological polar surface area (TPSA) is 70.4 Å². The van der Waals surface area contributed by atoms with Gasteiger partial charge in [-0.25, -0.2) is 10.9 Å². The van der Waals surface area contributed by atoms with Crippen molar-refractivity contribution < 1.29 is 4.79 Å². The van der Waals surface area contributed by atoms with E-state index in [-0.39, 0.29) is 18.1 Å². The van der Waals surface area contributed by atoms with Gasteiger partial charge in [0.25, 0.3) is 0 Å². The number of hydrazine groups is 1. The molecule has 2 atom stereocenters. The third-order valence-electron chi connectivity index (χ3n) is 3.38. The van der Waals surface area contributed by atoms with Gasteiger partial charge in [0.1, 0.15) is 6.04 Å². The first-order chi connectivity index (χ1) is 8.25. The number of carbonyl (C=O) groups excluding carboxylic acids is 1. The van der Waals surface area contributed by atoms with E-state index in [0.717, 1.165) is 18.7 Å². The number of hydrogen-bond acceptors (Lipinski definition) is 4. The van der Waals surface area contributed by atoms with Gasteiger partial charge in [0.15, 0.2) is 0 Å². The zero-order valence-corrected chi connectivity index (χ0v) is 9.52. The zero-order valence-electron chi connectivity index (χ0n) is 9.52. The van der Waals surface area contributed by atoms with E-state index in [0.29, 0.717) is 6.42 Å². The number of amides is 1. The second-order valence-corrected chi connectivity index (χ2v) is 4.55. The highest BCUT2D eigenvalue weighted by atomic mass is 16.2. The Balaban J connectivity index is 1.80. The van der Waals surface area contributed by atoms with E-state index < -0.39 is 0 Å². The normalized spacial score (nSPS) is 27.2. The lowest BCUT2D eigenvalue weighted by atomic mass is 10.1. The molecule has 4 N–H and O–H groups in total. The van der Waals surface area contributed by atoms with E-state index in [9.17, 15) is 4.79 Å². The molecular formula is C12H16N4O. The Kier molecular flexibility index (Phi) is 2.58. The number of nitrogens with one attached hydrogen (secondary N) is 2. The molecule has 0 spiro atoms. The minimum absolute atomic E-state index is 0.107. The van der Waals surface area contributed by atoms with Crippen molar-refractivity contribution >= 4 is 11.6 Å². The number of benzene rings is 1. The van der Waals surface area contributed by atoms with E-state index in [1.54, 1.807) is 0 Å². The van der Waals surface area contributed by atoms with Gasteiger partial charge < -0.3 is 10.6 Å². The Morgan fingerprint density at radius 1 is 1.35 bits per heavy atom. The zero-order chi connectivity index (χ0) is 11.8. The molecule has 2 heterocycles. The molecule has 0 aromatic heterocycles. The van der Waals surface area contributed by atoms with Crippen LogP contribution in [0.25, 0.3) is 0 Å². The molecule has 3 rings (SSSR count). The monoisotopic (exact) mass is 232 g/mol. The summed E-state index contributed by atoms with van der Waals surface area (Å²) in [6, 6.07) is 7.85. The van der Waals surface area contributed by atoms with Gasteiger partial charge in [-0.2, -0.15) is 0 Å². The molecule has 2 aliphatic heterocycles. The van der Waals surface area contributed by atoms with Crippen LogP contribution in [0.5, 0.6) is 0 Å². The molecule has 5 nitrogen and oxygen atoms in total. The number of anilines is 1. The van der Waals surface area contributed by atoms with E-state index in [4.69, 9.17) is 5.73 Å². The van der Waals surface area contributed by atoms with Gasteiger partial charge in [-0.3, -0.25) is 4.79 Å². The number of fused-ring (bicyclic) bond motifs is 1. The summed E-state index contributed by atoms with van der Waals surface area (Å²) >= 11 is 0. The Hall–Kier alpha value is -1.43. The molecule has 0 bridgehead atoms.